The maximum Gasteiger partial charge on any atom is 0.272 e. The predicted octanol–water partition coefficient (Wildman–Crippen LogP) is 2.52. The van der Waals surface area contributed by atoms with Crippen LogP contribution in [0.2, 0.25) is 25.7 Å². The Balaban J connectivity index is 2.26. The van der Waals surface area contributed by atoms with Crippen molar-refractivity contribution in [2.24, 2.45) is 0 Å². The molecule has 0 aliphatic rings. The second kappa shape index (κ2) is 7.06. The van der Waals surface area contributed by atoms with Crippen molar-refractivity contribution >= 4 is 31.2 Å². The predicted molar refractivity (Wildman–Crippen MR) is 92.6 cm³/mol. The molecule has 0 aliphatic carbocycles. The molecule has 2 aromatic rings. The number of fused-ring (bicyclic) bond motifs is 1. The van der Waals surface area contributed by atoms with Gasteiger partial charge in [-0.25, -0.2) is 4.68 Å². The fourth-order valence-corrected chi connectivity index (χ4v) is 2.94. The summed E-state index contributed by atoms with van der Waals surface area (Å²) in [7, 11) is 0.419. The SMILES string of the molecule is CNC(=O)c1nn(COCC[Si](C)(C)C)c2ccc(C=O)cc12. The van der Waals surface area contributed by atoms with Gasteiger partial charge in [0.1, 0.15) is 13.0 Å². The zero-order valence-corrected chi connectivity index (χ0v) is 15.0. The van der Waals surface area contributed by atoms with Crippen molar-refractivity contribution in [2.45, 2.75) is 32.4 Å². The van der Waals surface area contributed by atoms with Gasteiger partial charge in [0.15, 0.2) is 5.69 Å². The highest BCUT2D eigenvalue weighted by Gasteiger charge is 2.17. The minimum Gasteiger partial charge on any atom is -0.360 e. The van der Waals surface area contributed by atoms with Gasteiger partial charge in [-0.2, -0.15) is 5.10 Å². The van der Waals surface area contributed by atoms with Crippen molar-refractivity contribution < 1.29 is 14.3 Å². The van der Waals surface area contributed by atoms with Crippen LogP contribution in [0, 0.1) is 0 Å². The monoisotopic (exact) mass is 333 g/mol. The molecule has 0 atom stereocenters. The molecule has 0 saturated heterocycles. The standard InChI is InChI=1S/C16H23N3O3Si/c1-17-16(21)15-13-9-12(10-20)5-6-14(13)19(18-15)11-22-7-8-23(2,3)4/h5-6,9-10H,7-8,11H2,1-4H3,(H,17,21). The van der Waals surface area contributed by atoms with E-state index in [-0.39, 0.29) is 5.91 Å². The summed E-state index contributed by atoms with van der Waals surface area (Å²) in [5.74, 6) is -0.279. The number of aromatic nitrogens is 2. The number of amides is 1. The molecule has 0 radical (unpaired) electrons. The molecule has 1 aromatic heterocycles. The summed E-state index contributed by atoms with van der Waals surface area (Å²) in [4.78, 5) is 23.0. The number of rotatable bonds is 7. The van der Waals surface area contributed by atoms with Gasteiger partial charge in [-0.1, -0.05) is 19.6 Å². The number of nitrogens with one attached hydrogen (secondary N) is 1. The zero-order chi connectivity index (χ0) is 17.0. The molecule has 1 amide bonds. The molecule has 1 heterocycles. The van der Waals surface area contributed by atoms with Crippen LogP contribution in [0.5, 0.6) is 0 Å². The Labute approximate surface area is 136 Å². The van der Waals surface area contributed by atoms with Crippen LogP contribution in [-0.4, -0.2) is 43.7 Å². The van der Waals surface area contributed by atoms with Crippen molar-refractivity contribution in [2.75, 3.05) is 13.7 Å². The molecule has 0 bridgehead atoms. The smallest absolute Gasteiger partial charge is 0.272 e. The van der Waals surface area contributed by atoms with E-state index in [0.29, 0.717) is 30.0 Å². The molecule has 0 fully saturated rings. The highest BCUT2D eigenvalue weighted by atomic mass is 28.3. The van der Waals surface area contributed by atoms with E-state index in [0.717, 1.165) is 17.8 Å². The molecule has 0 spiro atoms. The van der Waals surface area contributed by atoms with Gasteiger partial charge in [0, 0.05) is 32.7 Å². The number of benzene rings is 1. The molecule has 124 valence electrons. The van der Waals surface area contributed by atoms with E-state index in [1.165, 1.54) is 0 Å². The van der Waals surface area contributed by atoms with E-state index in [9.17, 15) is 9.59 Å². The molecular formula is C16H23N3O3Si. The largest absolute Gasteiger partial charge is 0.360 e. The Bertz CT molecular complexity index is 719. The van der Waals surface area contributed by atoms with Gasteiger partial charge in [-0.3, -0.25) is 9.59 Å². The first-order valence-corrected chi connectivity index (χ1v) is 11.3. The molecule has 6 nitrogen and oxygen atoms in total. The molecule has 0 saturated carbocycles. The molecule has 0 unspecified atom stereocenters. The van der Waals surface area contributed by atoms with Crippen LogP contribution < -0.4 is 5.32 Å². The van der Waals surface area contributed by atoms with Gasteiger partial charge in [0.2, 0.25) is 0 Å². The number of carbonyl (C=O) groups is 2. The average molecular weight is 333 g/mol. The van der Waals surface area contributed by atoms with Gasteiger partial charge in [-0.15, -0.1) is 0 Å². The number of nitrogens with zero attached hydrogens (tertiary/aromatic N) is 2. The van der Waals surface area contributed by atoms with E-state index in [2.05, 4.69) is 30.1 Å². The molecule has 7 heteroatoms. The highest BCUT2D eigenvalue weighted by Crippen LogP contribution is 2.20. The van der Waals surface area contributed by atoms with E-state index in [4.69, 9.17) is 4.74 Å². The third-order valence-corrected chi connectivity index (χ3v) is 5.27. The zero-order valence-electron chi connectivity index (χ0n) is 14.0. The molecular weight excluding hydrogens is 310 g/mol. The topological polar surface area (TPSA) is 73.2 Å². The van der Waals surface area contributed by atoms with Crippen molar-refractivity contribution in [1.82, 2.24) is 15.1 Å². The minimum atomic E-state index is -1.14. The summed E-state index contributed by atoms with van der Waals surface area (Å²) in [6.07, 6.45) is 0.759. The summed E-state index contributed by atoms with van der Waals surface area (Å²) in [5, 5.41) is 7.57. The van der Waals surface area contributed by atoms with Gasteiger partial charge in [0.25, 0.3) is 5.91 Å². The Morgan fingerprint density at radius 3 is 2.74 bits per heavy atom. The fraction of sp³-hybridized carbons (Fsp3) is 0.438. The first-order valence-electron chi connectivity index (χ1n) is 7.61. The fourth-order valence-electron chi connectivity index (χ4n) is 2.18. The van der Waals surface area contributed by atoms with Crippen molar-refractivity contribution in [3.8, 4) is 0 Å². The van der Waals surface area contributed by atoms with Crippen LogP contribution in [-0.2, 0) is 11.5 Å². The normalized spacial score (nSPS) is 11.7. The van der Waals surface area contributed by atoms with Crippen LogP contribution >= 0.6 is 0 Å². The summed E-state index contributed by atoms with van der Waals surface area (Å²) in [6.45, 7) is 7.86. The summed E-state index contributed by atoms with van der Waals surface area (Å²) >= 11 is 0. The molecule has 0 aliphatic heterocycles. The van der Waals surface area contributed by atoms with Crippen LogP contribution in [0.15, 0.2) is 18.2 Å². The van der Waals surface area contributed by atoms with Crippen molar-refractivity contribution in [1.29, 1.82) is 0 Å². The van der Waals surface area contributed by atoms with Gasteiger partial charge in [-0.05, 0) is 24.2 Å². The van der Waals surface area contributed by atoms with Gasteiger partial charge >= 0.3 is 0 Å². The number of ether oxygens (including phenoxy) is 1. The van der Waals surface area contributed by atoms with E-state index >= 15 is 0 Å². The van der Waals surface area contributed by atoms with Crippen LogP contribution in [0.25, 0.3) is 10.9 Å². The lowest BCUT2D eigenvalue weighted by Crippen LogP contribution is -2.22. The first kappa shape index (κ1) is 17.4. The Morgan fingerprint density at radius 2 is 2.13 bits per heavy atom. The van der Waals surface area contributed by atoms with E-state index < -0.39 is 8.07 Å². The van der Waals surface area contributed by atoms with Crippen LogP contribution in [0.3, 0.4) is 0 Å². The van der Waals surface area contributed by atoms with Gasteiger partial charge in [0.05, 0.1) is 5.52 Å². The number of aldehydes is 1. The van der Waals surface area contributed by atoms with Crippen LogP contribution in [0.4, 0.5) is 0 Å². The average Bonchev–Trinajstić information content (AvgIpc) is 2.87. The number of carbonyl (C=O) groups excluding carboxylic acids is 2. The summed E-state index contributed by atoms with van der Waals surface area (Å²) in [5.41, 5.74) is 1.60. The first-order chi connectivity index (χ1) is 10.9. The quantitative estimate of drug-likeness (QED) is 0.480. The second-order valence-corrected chi connectivity index (χ2v) is 12.3. The van der Waals surface area contributed by atoms with E-state index in [1.54, 1.807) is 29.9 Å². The number of hydrogen-bond donors (Lipinski definition) is 1. The van der Waals surface area contributed by atoms with Crippen molar-refractivity contribution in [3.63, 3.8) is 0 Å². The summed E-state index contributed by atoms with van der Waals surface area (Å²) in [6, 6.07) is 6.26. The highest BCUT2D eigenvalue weighted by molar-refractivity contribution is 6.76. The maximum absolute atomic E-state index is 12.0. The number of hydrogen-bond acceptors (Lipinski definition) is 4. The second-order valence-electron chi connectivity index (χ2n) is 6.67. The lowest BCUT2D eigenvalue weighted by atomic mass is 10.1. The lowest BCUT2D eigenvalue weighted by Gasteiger charge is -2.15. The van der Waals surface area contributed by atoms with Crippen molar-refractivity contribution in [3.05, 3.63) is 29.5 Å². The van der Waals surface area contributed by atoms with Gasteiger partial charge < -0.3 is 10.1 Å². The molecule has 2 rings (SSSR count). The van der Waals surface area contributed by atoms with E-state index in [1.807, 2.05) is 0 Å². The Morgan fingerprint density at radius 1 is 1.39 bits per heavy atom. The molecule has 1 N–H and O–H groups in total. The Hall–Kier alpha value is -1.99. The molecule has 23 heavy (non-hydrogen) atoms. The third kappa shape index (κ3) is 4.26. The maximum atomic E-state index is 12.0. The summed E-state index contributed by atoms with van der Waals surface area (Å²) < 4.78 is 7.39. The molecule has 1 aromatic carbocycles. The van der Waals surface area contributed by atoms with Crippen LogP contribution in [0.1, 0.15) is 20.8 Å². The lowest BCUT2D eigenvalue weighted by molar-refractivity contribution is 0.0805. The third-order valence-electron chi connectivity index (χ3n) is 3.56. The Kier molecular flexibility index (Phi) is 5.33. The minimum absolute atomic E-state index is 0.279.